The molecule has 3 heterocycles. The Morgan fingerprint density at radius 3 is 2.70 bits per heavy atom. The van der Waals surface area contributed by atoms with Crippen LogP contribution in [0.3, 0.4) is 0 Å². The predicted octanol–water partition coefficient (Wildman–Crippen LogP) is 2.24. The molecule has 0 spiro atoms. The van der Waals surface area contributed by atoms with E-state index in [0.717, 1.165) is 16.3 Å². The number of hydrogen-bond acceptors (Lipinski definition) is 6. The van der Waals surface area contributed by atoms with Crippen molar-refractivity contribution in [3.63, 3.8) is 0 Å². The number of primary amides is 1. The summed E-state index contributed by atoms with van der Waals surface area (Å²) in [5.74, 6) is -0.988. The number of hydrogen-bond donors (Lipinski definition) is 3. The molecule has 0 aliphatic carbocycles. The van der Waals surface area contributed by atoms with Gasteiger partial charge in [0, 0.05) is 35.1 Å². The maximum atomic E-state index is 12.2. The van der Waals surface area contributed by atoms with Crippen LogP contribution in [-0.2, 0) is 4.79 Å². The third kappa shape index (κ3) is 2.39. The summed E-state index contributed by atoms with van der Waals surface area (Å²) in [5.41, 5.74) is 14.8. The molecule has 0 bridgehead atoms. The van der Waals surface area contributed by atoms with Crippen molar-refractivity contribution in [3.8, 4) is 0 Å². The number of nitrogen functional groups attached to an aromatic ring is 1. The molecule has 1 aliphatic heterocycles. The molecule has 2 aromatic heterocycles. The van der Waals surface area contributed by atoms with E-state index in [4.69, 9.17) is 11.5 Å². The number of nitrogens with two attached hydrogens (primary N) is 2. The zero-order valence-electron chi connectivity index (χ0n) is 12.7. The first-order valence-corrected chi connectivity index (χ1v) is 7.84. The van der Waals surface area contributed by atoms with Crippen LogP contribution in [0.15, 0.2) is 35.8 Å². The minimum atomic E-state index is -0.573. The van der Waals surface area contributed by atoms with Gasteiger partial charge in [-0.05, 0) is 25.5 Å². The fraction of sp³-hybridized carbons (Fsp3) is 0.188. The second kappa shape index (κ2) is 5.51. The third-order valence-corrected chi connectivity index (χ3v) is 5.04. The molecule has 1 amide bonds. The molecule has 23 heavy (non-hydrogen) atoms. The van der Waals surface area contributed by atoms with Crippen molar-refractivity contribution in [1.29, 1.82) is 0 Å². The highest BCUT2D eigenvalue weighted by Crippen LogP contribution is 2.49. The van der Waals surface area contributed by atoms with Gasteiger partial charge >= 0.3 is 0 Å². The standard InChI is InChI=1S/C16H16N4O2S/c1-7-10(8(2)21)11(9-4-3-5-19-6-9)12-13(17)14(15(18)22)23-16(12)20-7/h3-6,11,20H,17H2,1-2H3,(H2,18,22). The molecule has 5 N–H and O–H groups in total. The number of carbonyl (C=O) groups is 2. The third-order valence-electron chi connectivity index (χ3n) is 3.89. The van der Waals surface area contributed by atoms with Gasteiger partial charge in [0.1, 0.15) is 4.88 Å². The maximum absolute atomic E-state index is 12.2. The smallest absolute Gasteiger partial charge is 0.260 e. The van der Waals surface area contributed by atoms with Gasteiger partial charge in [0.25, 0.3) is 5.91 Å². The second-order valence-electron chi connectivity index (χ2n) is 5.39. The number of aromatic nitrogens is 1. The van der Waals surface area contributed by atoms with Crippen LogP contribution in [0.4, 0.5) is 10.7 Å². The summed E-state index contributed by atoms with van der Waals surface area (Å²) in [6.45, 7) is 3.36. The zero-order valence-corrected chi connectivity index (χ0v) is 13.5. The molecule has 0 saturated heterocycles. The molecule has 1 unspecified atom stereocenters. The highest BCUT2D eigenvalue weighted by Gasteiger charge is 2.35. The first kappa shape index (κ1) is 15.2. The van der Waals surface area contributed by atoms with Gasteiger partial charge in [-0.1, -0.05) is 6.07 Å². The summed E-state index contributed by atoms with van der Waals surface area (Å²) in [7, 11) is 0. The lowest BCUT2D eigenvalue weighted by Gasteiger charge is -2.28. The van der Waals surface area contributed by atoms with E-state index in [1.54, 1.807) is 12.4 Å². The molecular weight excluding hydrogens is 312 g/mol. The summed E-state index contributed by atoms with van der Waals surface area (Å²) in [5, 5.41) is 3.92. The fourth-order valence-electron chi connectivity index (χ4n) is 2.96. The van der Waals surface area contributed by atoms with Crippen molar-refractivity contribution >= 4 is 33.7 Å². The first-order chi connectivity index (χ1) is 10.9. The molecule has 0 fully saturated rings. The van der Waals surface area contributed by atoms with E-state index >= 15 is 0 Å². The van der Waals surface area contributed by atoms with E-state index in [9.17, 15) is 9.59 Å². The van der Waals surface area contributed by atoms with Crippen molar-refractivity contribution < 1.29 is 9.59 Å². The Morgan fingerprint density at radius 1 is 1.39 bits per heavy atom. The average molecular weight is 328 g/mol. The fourth-order valence-corrected chi connectivity index (χ4v) is 4.03. The number of anilines is 2. The minimum absolute atomic E-state index is 0.0549. The van der Waals surface area contributed by atoms with Gasteiger partial charge in [-0.2, -0.15) is 0 Å². The van der Waals surface area contributed by atoms with Crippen LogP contribution in [0.1, 0.15) is 40.6 Å². The van der Waals surface area contributed by atoms with Crippen LogP contribution in [-0.4, -0.2) is 16.7 Å². The maximum Gasteiger partial charge on any atom is 0.260 e. The second-order valence-corrected chi connectivity index (χ2v) is 6.41. The van der Waals surface area contributed by atoms with Gasteiger partial charge < -0.3 is 16.8 Å². The van der Waals surface area contributed by atoms with Gasteiger partial charge in [-0.25, -0.2) is 0 Å². The lowest BCUT2D eigenvalue weighted by molar-refractivity contribution is -0.113. The lowest BCUT2D eigenvalue weighted by Crippen LogP contribution is -2.21. The molecular formula is C16H16N4O2S. The van der Waals surface area contributed by atoms with E-state index in [1.807, 2.05) is 19.1 Å². The predicted molar refractivity (Wildman–Crippen MR) is 90.3 cm³/mol. The van der Waals surface area contributed by atoms with Gasteiger partial charge in [0.15, 0.2) is 5.78 Å². The molecule has 0 saturated carbocycles. The molecule has 6 nitrogen and oxygen atoms in total. The normalized spacial score (nSPS) is 16.7. The largest absolute Gasteiger partial charge is 0.397 e. The number of amides is 1. The number of thiophene rings is 1. The zero-order chi connectivity index (χ0) is 16.7. The molecule has 1 aliphatic rings. The number of carbonyl (C=O) groups excluding carboxylic acids is 2. The number of nitrogens with one attached hydrogen (secondary N) is 1. The number of rotatable bonds is 3. The molecule has 7 heteroatoms. The molecule has 0 radical (unpaired) electrons. The van der Waals surface area contributed by atoms with E-state index < -0.39 is 5.91 Å². The Bertz CT molecular complexity index is 839. The lowest BCUT2D eigenvalue weighted by atomic mass is 9.81. The van der Waals surface area contributed by atoms with E-state index in [-0.39, 0.29) is 11.7 Å². The van der Waals surface area contributed by atoms with Crippen molar-refractivity contribution in [2.24, 2.45) is 5.73 Å². The quantitative estimate of drug-likeness (QED) is 0.800. The molecule has 118 valence electrons. The Balaban J connectivity index is 2.29. The number of ketones is 1. The number of Topliss-reactive ketones (excluding diaryl/α,β-unsaturated/α-hetero) is 1. The molecule has 0 aromatic carbocycles. The van der Waals surface area contributed by atoms with Gasteiger partial charge in [0.05, 0.1) is 10.7 Å². The number of pyridine rings is 1. The summed E-state index contributed by atoms with van der Waals surface area (Å²) in [4.78, 5) is 28.3. The summed E-state index contributed by atoms with van der Waals surface area (Å²) in [6, 6.07) is 3.70. The summed E-state index contributed by atoms with van der Waals surface area (Å²) >= 11 is 1.21. The van der Waals surface area contributed by atoms with Gasteiger partial charge in [-0.3, -0.25) is 14.6 Å². The molecule has 3 rings (SSSR count). The minimum Gasteiger partial charge on any atom is -0.397 e. The van der Waals surface area contributed by atoms with Crippen LogP contribution in [0, 0.1) is 0 Å². The van der Waals surface area contributed by atoms with Crippen molar-refractivity contribution in [2.75, 3.05) is 11.1 Å². The van der Waals surface area contributed by atoms with Crippen molar-refractivity contribution in [1.82, 2.24) is 4.98 Å². The first-order valence-electron chi connectivity index (χ1n) is 7.02. The molecule has 2 aromatic rings. The Morgan fingerprint density at radius 2 is 2.13 bits per heavy atom. The summed E-state index contributed by atoms with van der Waals surface area (Å²) in [6.07, 6.45) is 3.37. The Kier molecular flexibility index (Phi) is 3.65. The van der Waals surface area contributed by atoms with E-state index in [0.29, 0.717) is 21.7 Å². The molecule has 1 atom stereocenters. The van der Waals surface area contributed by atoms with Crippen molar-refractivity contribution in [2.45, 2.75) is 19.8 Å². The Labute approximate surface area is 137 Å². The highest BCUT2D eigenvalue weighted by atomic mass is 32.1. The Hall–Kier alpha value is -2.67. The van der Waals surface area contributed by atoms with Crippen LogP contribution in [0.2, 0.25) is 0 Å². The topological polar surface area (TPSA) is 111 Å². The van der Waals surface area contributed by atoms with Crippen molar-refractivity contribution in [3.05, 3.63) is 51.8 Å². The van der Waals surface area contributed by atoms with E-state index in [1.165, 1.54) is 18.3 Å². The van der Waals surface area contributed by atoms with Crippen LogP contribution < -0.4 is 16.8 Å². The van der Waals surface area contributed by atoms with Gasteiger partial charge in [0.2, 0.25) is 0 Å². The number of allylic oxidation sites excluding steroid dienone is 2. The summed E-state index contributed by atoms with van der Waals surface area (Å²) < 4.78 is 0. The van der Waals surface area contributed by atoms with Gasteiger partial charge in [-0.15, -0.1) is 11.3 Å². The van der Waals surface area contributed by atoms with Crippen LogP contribution >= 0.6 is 11.3 Å². The van der Waals surface area contributed by atoms with E-state index in [2.05, 4.69) is 10.3 Å². The van der Waals surface area contributed by atoms with Crippen LogP contribution in [0.5, 0.6) is 0 Å². The number of fused-ring (bicyclic) bond motifs is 1. The monoisotopic (exact) mass is 328 g/mol. The SMILES string of the molecule is CC(=O)C1=C(C)Nc2sc(C(N)=O)c(N)c2C1c1cccnc1. The average Bonchev–Trinajstić information content (AvgIpc) is 2.83. The highest BCUT2D eigenvalue weighted by molar-refractivity contribution is 7.18. The van der Waals surface area contributed by atoms with Crippen LogP contribution in [0.25, 0.3) is 0 Å². The number of nitrogens with zero attached hydrogens (tertiary/aromatic N) is 1.